The minimum Gasteiger partial charge on any atom is -0.382 e. The van der Waals surface area contributed by atoms with Crippen molar-refractivity contribution in [3.63, 3.8) is 0 Å². The molecular weight excluding hydrogens is 306 g/mol. The fourth-order valence-corrected chi connectivity index (χ4v) is 4.70. The molecule has 3 rings (SSSR count). The second kappa shape index (κ2) is 6.41. The third-order valence-corrected chi connectivity index (χ3v) is 6.08. The van der Waals surface area contributed by atoms with Crippen LogP contribution in [0.1, 0.15) is 28.9 Å². The van der Waals surface area contributed by atoms with E-state index in [9.17, 15) is 4.79 Å². The second-order valence-electron chi connectivity index (χ2n) is 5.57. The van der Waals surface area contributed by atoms with Crippen LogP contribution in [0.3, 0.4) is 0 Å². The highest BCUT2D eigenvalue weighted by Crippen LogP contribution is 2.30. The Morgan fingerprint density at radius 2 is 2.10 bits per heavy atom. The van der Waals surface area contributed by atoms with Gasteiger partial charge in [-0.2, -0.15) is 11.8 Å². The van der Waals surface area contributed by atoms with E-state index in [1.165, 1.54) is 11.3 Å². The molecule has 21 heavy (non-hydrogen) atoms. The van der Waals surface area contributed by atoms with Gasteiger partial charge >= 0.3 is 0 Å². The van der Waals surface area contributed by atoms with Crippen LogP contribution in [0, 0.1) is 0 Å². The molecule has 2 aliphatic rings. The minimum atomic E-state index is -0.0864. The summed E-state index contributed by atoms with van der Waals surface area (Å²) in [7, 11) is 0. The van der Waals surface area contributed by atoms with E-state index in [1.54, 1.807) is 0 Å². The monoisotopic (exact) mass is 327 g/mol. The van der Waals surface area contributed by atoms with Crippen molar-refractivity contribution >= 4 is 40.0 Å². The summed E-state index contributed by atoms with van der Waals surface area (Å²) >= 11 is 3.31. The molecule has 1 aromatic heterocycles. The van der Waals surface area contributed by atoms with Crippen molar-refractivity contribution in [3.8, 4) is 0 Å². The molecule has 3 heterocycles. The van der Waals surface area contributed by atoms with E-state index < -0.39 is 0 Å². The van der Waals surface area contributed by atoms with Crippen LogP contribution in [-0.4, -0.2) is 47.6 Å². The van der Waals surface area contributed by atoms with Crippen molar-refractivity contribution in [2.45, 2.75) is 31.3 Å². The van der Waals surface area contributed by atoms with Gasteiger partial charge in [-0.3, -0.25) is 4.79 Å². The first kappa shape index (κ1) is 14.9. The van der Waals surface area contributed by atoms with Gasteiger partial charge in [0.2, 0.25) is 0 Å². The number of thioether (sulfide) groups is 1. The molecule has 116 valence electrons. The molecule has 0 aliphatic carbocycles. The maximum absolute atomic E-state index is 12.4. The third kappa shape index (κ3) is 3.44. The van der Waals surface area contributed by atoms with Gasteiger partial charge in [-0.05, 0) is 30.8 Å². The zero-order valence-electron chi connectivity index (χ0n) is 11.9. The van der Waals surface area contributed by atoms with Crippen LogP contribution in [0.15, 0.2) is 0 Å². The molecule has 0 radical (unpaired) electrons. The van der Waals surface area contributed by atoms with Crippen LogP contribution in [0.5, 0.6) is 0 Å². The molecule has 2 fully saturated rings. The lowest BCUT2D eigenvalue weighted by Gasteiger charge is -2.22. The van der Waals surface area contributed by atoms with Crippen molar-refractivity contribution in [1.82, 2.24) is 10.3 Å². The van der Waals surface area contributed by atoms with Crippen molar-refractivity contribution in [2.75, 3.05) is 35.2 Å². The van der Waals surface area contributed by atoms with Crippen molar-refractivity contribution in [3.05, 3.63) is 4.88 Å². The van der Waals surface area contributed by atoms with Gasteiger partial charge in [-0.25, -0.2) is 4.98 Å². The summed E-state index contributed by atoms with van der Waals surface area (Å²) in [6, 6.07) is 0.455. The van der Waals surface area contributed by atoms with E-state index in [0.717, 1.165) is 49.0 Å². The van der Waals surface area contributed by atoms with Gasteiger partial charge in [-0.15, -0.1) is 0 Å². The summed E-state index contributed by atoms with van der Waals surface area (Å²) in [5, 5.41) is 3.89. The highest BCUT2D eigenvalue weighted by molar-refractivity contribution is 7.99. The quantitative estimate of drug-likeness (QED) is 0.763. The summed E-state index contributed by atoms with van der Waals surface area (Å²) in [5.74, 6) is 2.47. The van der Waals surface area contributed by atoms with Crippen LogP contribution in [0.25, 0.3) is 0 Å². The van der Waals surface area contributed by atoms with Crippen LogP contribution in [0.4, 0.5) is 10.9 Å². The van der Waals surface area contributed by atoms with Gasteiger partial charge in [0.05, 0.1) is 0 Å². The molecular formula is C13H21N5OS2. The molecule has 1 aromatic rings. The van der Waals surface area contributed by atoms with Crippen LogP contribution in [-0.2, 0) is 0 Å². The molecule has 6 nitrogen and oxygen atoms in total. The molecule has 0 bridgehead atoms. The van der Waals surface area contributed by atoms with E-state index in [2.05, 4.69) is 15.2 Å². The van der Waals surface area contributed by atoms with Gasteiger partial charge in [-0.1, -0.05) is 11.3 Å². The lowest BCUT2D eigenvalue weighted by atomic mass is 10.1. The maximum atomic E-state index is 12.4. The molecule has 8 heteroatoms. The van der Waals surface area contributed by atoms with Crippen LogP contribution in [0.2, 0.25) is 0 Å². The highest BCUT2D eigenvalue weighted by atomic mass is 32.2. The molecule has 1 unspecified atom stereocenters. The lowest BCUT2D eigenvalue weighted by molar-refractivity contribution is 0.0939. The zero-order chi connectivity index (χ0) is 14.8. The van der Waals surface area contributed by atoms with E-state index in [1.807, 2.05) is 11.8 Å². The highest BCUT2D eigenvalue weighted by Gasteiger charge is 2.26. The number of amides is 1. The average molecular weight is 327 g/mol. The number of aromatic nitrogens is 1. The molecule has 5 N–H and O–H groups in total. The van der Waals surface area contributed by atoms with Gasteiger partial charge in [0.15, 0.2) is 5.13 Å². The smallest absolute Gasteiger partial charge is 0.265 e. The van der Waals surface area contributed by atoms with Crippen LogP contribution >= 0.6 is 23.1 Å². The third-order valence-electron chi connectivity index (χ3n) is 3.90. The molecule has 0 spiro atoms. The Hall–Kier alpha value is -0.990. The predicted molar refractivity (Wildman–Crippen MR) is 89.1 cm³/mol. The number of hydrogen-bond acceptors (Lipinski definition) is 7. The number of anilines is 2. The van der Waals surface area contributed by atoms with Gasteiger partial charge in [0.1, 0.15) is 10.7 Å². The van der Waals surface area contributed by atoms with Gasteiger partial charge < -0.3 is 21.7 Å². The first-order valence-corrected chi connectivity index (χ1v) is 9.26. The first-order chi connectivity index (χ1) is 10.1. The van der Waals surface area contributed by atoms with E-state index in [4.69, 9.17) is 11.5 Å². The number of thiazole rings is 1. The van der Waals surface area contributed by atoms with Crippen molar-refractivity contribution in [1.29, 1.82) is 0 Å². The number of carbonyl (C=O) groups excluding carboxylic acids is 1. The largest absolute Gasteiger partial charge is 0.382 e. The first-order valence-electron chi connectivity index (χ1n) is 7.29. The topological polar surface area (TPSA) is 97.3 Å². The summed E-state index contributed by atoms with van der Waals surface area (Å²) < 4.78 is 0. The average Bonchev–Trinajstić information content (AvgIpc) is 3.06. The van der Waals surface area contributed by atoms with Crippen molar-refractivity contribution < 1.29 is 4.79 Å². The Bertz CT molecular complexity index is 515. The Labute approximate surface area is 132 Å². The fraction of sp³-hybridized carbons (Fsp3) is 0.692. The number of carbonyl (C=O) groups is 1. The molecule has 1 amide bonds. The zero-order valence-corrected chi connectivity index (χ0v) is 13.5. The summed E-state index contributed by atoms with van der Waals surface area (Å²) in [5.41, 5.74) is 11.8. The number of nitrogens with one attached hydrogen (secondary N) is 1. The van der Waals surface area contributed by atoms with E-state index in [-0.39, 0.29) is 18.0 Å². The number of nitrogen functional groups attached to an aromatic ring is 1. The molecule has 2 aliphatic heterocycles. The predicted octanol–water partition coefficient (Wildman–Crippen LogP) is 0.888. The fourth-order valence-electron chi connectivity index (χ4n) is 2.67. The lowest BCUT2D eigenvalue weighted by Crippen LogP contribution is -2.37. The van der Waals surface area contributed by atoms with Gasteiger partial charge in [0, 0.05) is 25.2 Å². The second-order valence-corrected chi connectivity index (χ2v) is 7.77. The summed E-state index contributed by atoms with van der Waals surface area (Å²) in [6.07, 6.45) is 3.02. The number of hydrogen-bond donors (Lipinski definition) is 3. The number of rotatable bonds is 3. The molecule has 1 atom stereocenters. The van der Waals surface area contributed by atoms with E-state index in [0.29, 0.717) is 10.7 Å². The minimum absolute atomic E-state index is 0.0864. The Morgan fingerprint density at radius 1 is 1.33 bits per heavy atom. The molecule has 0 aromatic carbocycles. The normalized spacial score (nSPS) is 23.5. The maximum Gasteiger partial charge on any atom is 0.265 e. The summed E-state index contributed by atoms with van der Waals surface area (Å²) in [4.78, 5) is 19.3. The Balaban J connectivity index is 1.67. The molecule has 0 saturated carbocycles. The van der Waals surface area contributed by atoms with Crippen molar-refractivity contribution in [2.24, 2.45) is 5.73 Å². The molecule has 2 saturated heterocycles. The van der Waals surface area contributed by atoms with Gasteiger partial charge in [0.25, 0.3) is 5.91 Å². The number of nitrogens with two attached hydrogens (primary N) is 2. The Kier molecular flexibility index (Phi) is 4.56. The summed E-state index contributed by atoms with van der Waals surface area (Å²) in [6.45, 7) is 1.67. The number of nitrogens with zero attached hydrogens (tertiary/aromatic N) is 2. The standard InChI is InChI=1S/C13H21N5OS2/c14-8-1-4-18(7-8)13-17-11(15)10(21-13)12(19)16-9-2-5-20-6-3-9/h8-9H,1-7,14-15H2,(H,16,19). The SMILES string of the molecule is Nc1nc(N2CCC(N)C2)sc1C(=O)NC1CCSCC1. The Morgan fingerprint density at radius 3 is 2.76 bits per heavy atom. The van der Waals surface area contributed by atoms with E-state index >= 15 is 0 Å². The van der Waals surface area contributed by atoms with Crippen LogP contribution < -0.4 is 21.7 Å².